The summed E-state index contributed by atoms with van der Waals surface area (Å²) in [6.07, 6.45) is 0.332. The number of halogens is 1. The van der Waals surface area contributed by atoms with Gasteiger partial charge in [0.25, 0.3) is 0 Å². The highest BCUT2D eigenvalue weighted by Gasteiger charge is 2.20. The summed E-state index contributed by atoms with van der Waals surface area (Å²) in [4.78, 5) is 15.8. The number of aliphatic carboxylic acids is 1. The van der Waals surface area contributed by atoms with Gasteiger partial charge in [-0.15, -0.1) is 0 Å². The number of anilines is 1. The summed E-state index contributed by atoms with van der Waals surface area (Å²) in [5.41, 5.74) is 9.05. The molecule has 1 fully saturated rings. The lowest BCUT2D eigenvalue weighted by Gasteiger charge is -2.36. The van der Waals surface area contributed by atoms with Crippen LogP contribution in [0.4, 0.5) is 5.69 Å². The first-order chi connectivity index (χ1) is 12.5. The van der Waals surface area contributed by atoms with Crippen LogP contribution in [0.25, 0.3) is 0 Å². The van der Waals surface area contributed by atoms with Gasteiger partial charge in [0.05, 0.1) is 5.69 Å². The summed E-state index contributed by atoms with van der Waals surface area (Å²) in [6.45, 7) is 4.97. The predicted octanol–water partition coefficient (Wildman–Crippen LogP) is 2.73. The highest BCUT2D eigenvalue weighted by atomic mass is 79.9. The number of rotatable bonds is 6. The molecule has 26 heavy (non-hydrogen) atoms. The summed E-state index contributed by atoms with van der Waals surface area (Å²) < 4.78 is 0.990. The molecule has 0 aliphatic carbocycles. The van der Waals surface area contributed by atoms with Gasteiger partial charge in [0, 0.05) is 37.2 Å². The van der Waals surface area contributed by atoms with Gasteiger partial charge in [-0.1, -0.05) is 36.4 Å². The van der Waals surface area contributed by atoms with E-state index in [9.17, 15) is 4.79 Å². The summed E-state index contributed by atoms with van der Waals surface area (Å²) in [7, 11) is 0. The molecule has 1 aliphatic rings. The van der Waals surface area contributed by atoms with E-state index in [-0.39, 0.29) is 0 Å². The Labute approximate surface area is 162 Å². The number of piperazine rings is 1. The first-order valence-corrected chi connectivity index (χ1v) is 9.60. The van der Waals surface area contributed by atoms with Crippen LogP contribution in [0.5, 0.6) is 0 Å². The first-order valence-electron chi connectivity index (χ1n) is 8.81. The maximum Gasteiger partial charge on any atom is 0.320 e. The third-order valence-electron chi connectivity index (χ3n) is 4.75. The minimum absolute atomic E-state index is 0.332. The van der Waals surface area contributed by atoms with Gasteiger partial charge in [-0.3, -0.25) is 9.69 Å². The molecule has 1 atom stereocenters. The third kappa shape index (κ3) is 4.84. The average molecular weight is 418 g/mol. The van der Waals surface area contributed by atoms with Crippen LogP contribution in [0, 0.1) is 0 Å². The van der Waals surface area contributed by atoms with Crippen molar-refractivity contribution in [1.82, 2.24) is 4.90 Å². The largest absolute Gasteiger partial charge is 0.480 e. The Hall–Kier alpha value is -1.89. The fourth-order valence-corrected chi connectivity index (χ4v) is 3.94. The molecule has 5 nitrogen and oxygen atoms in total. The SMILES string of the molecule is NC(Cc1ccc(N2CCN(Cc3ccccc3)CC2)c(Br)c1)C(=O)O. The van der Waals surface area contributed by atoms with E-state index < -0.39 is 12.0 Å². The number of benzene rings is 2. The number of carbonyl (C=O) groups is 1. The van der Waals surface area contributed by atoms with Crippen molar-refractivity contribution in [3.05, 3.63) is 64.1 Å². The second-order valence-electron chi connectivity index (χ2n) is 6.68. The maximum absolute atomic E-state index is 10.9. The van der Waals surface area contributed by atoms with Crippen molar-refractivity contribution in [3.8, 4) is 0 Å². The molecule has 0 bridgehead atoms. The van der Waals surface area contributed by atoms with E-state index in [1.807, 2.05) is 18.2 Å². The van der Waals surface area contributed by atoms with Crippen molar-refractivity contribution in [3.63, 3.8) is 0 Å². The molecule has 2 aromatic rings. The standard InChI is InChI=1S/C20H24BrN3O2/c21-17-12-16(13-18(22)20(25)26)6-7-19(17)24-10-8-23(9-11-24)14-15-4-2-1-3-5-15/h1-7,12,18H,8-11,13-14,22H2,(H,25,26). The first kappa shape index (κ1) is 18.9. The van der Waals surface area contributed by atoms with E-state index in [1.165, 1.54) is 5.56 Å². The number of carboxylic acid groups (broad SMARTS) is 1. The van der Waals surface area contributed by atoms with Gasteiger partial charge in [-0.25, -0.2) is 0 Å². The van der Waals surface area contributed by atoms with Gasteiger partial charge < -0.3 is 15.7 Å². The number of nitrogens with zero attached hydrogens (tertiary/aromatic N) is 2. The Morgan fingerprint density at radius 1 is 1.08 bits per heavy atom. The van der Waals surface area contributed by atoms with Crippen molar-refractivity contribution in [2.24, 2.45) is 5.73 Å². The lowest BCUT2D eigenvalue weighted by molar-refractivity contribution is -0.138. The van der Waals surface area contributed by atoms with Crippen LogP contribution in [-0.4, -0.2) is 48.2 Å². The van der Waals surface area contributed by atoms with Crippen LogP contribution >= 0.6 is 15.9 Å². The van der Waals surface area contributed by atoms with E-state index in [2.05, 4.69) is 56.1 Å². The Morgan fingerprint density at radius 2 is 1.77 bits per heavy atom. The summed E-state index contributed by atoms with van der Waals surface area (Å²) >= 11 is 3.64. The van der Waals surface area contributed by atoms with Crippen LogP contribution < -0.4 is 10.6 Å². The van der Waals surface area contributed by atoms with Crippen molar-refractivity contribution in [2.45, 2.75) is 19.0 Å². The second-order valence-corrected chi connectivity index (χ2v) is 7.54. The van der Waals surface area contributed by atoms with Gasteiger partial charge >= 0.3 is 5.97 Å². The van der Waals surface area contributed by atoms with Crippen LogP contribution in [0.3, 0.4) is 0 Å². The number of hydrogen-bond acceptors (Lipinski definition) is 4. The molecule has 1 saturated heterocycles. The molecule has 3 N–H and O–H groups in total. The molecular formula is C20H24BrN3O2. The van der Waals surface area contributed by atoms with Crippen LogP contribution in [0.2, 0.25) is 0 Å². The predicted molar refractivity (Wildman–Crippen MR) is 107 cm³/mol. The van der Waals surface area contributed by atoms with Crippen molar-refractivity contribution in [2.75, 3.05) is 31.1 Å². The smallest absolute Gasteiger partial charge is 0.320 e. The molecule has 0 saturated carbocycles. The van der Waals surface area contributed by atoms with Crippen LogP contribution in [-0.2, 0) is 17.8 Å². The van der Waals surface area contributed by atoms with E-state index >= 15 is 0 Å². The Balaban J connectivity index is 1.58. The monoisotopic (exact) mass is 417 g/mol. The number of carboxylic acids is 1. The minimum Gasteiger partial charge on any atom is -0.480 e. The highest BCUT2D eigenvalue weighted by molar-refractivity contribution is 9.10. The maximum atomic E-state index is 10.9. The molecule has 2 aromatic carbocycles. The third-order valence-corrected chi connectivity index (χ3v) is 5.38. The molecular weight excluding hydrogens is 394 g/mol. The quantitative estimate of drug-likeness (QED) is 0.755. The zero-order valence-electron chi connectivity index (χ0n) is 14.6. The molecule has 6 heteroatoms. The summed E-state index contributed by atoms with van der Waals surface area (Å²) in [5.74, 6) is -0.972. The zero-order chi connectivity index (χ0) is 18.5. The lowest BCUT2D eigenvalue weighted by atomic mass is 10.1. The Morgan fingerprint density at radius 3 is 2.38 bits per heavy atom. The van der Waals surface area contributed by atoms with E-state index in [4.69, 9.17) is 10.8 Å². The molecule has 138 valence electrons. The van der Waals surface area contributed by atoms with Crippen molar-refractivity contribution >= 4 is 27.6 Å². The summed E-state index contributed by atoms with van der Waals surface area (Å²) in [5, 5.41) is 8.95. The molecule has 3 rings (SSSR count). The Bertz CT molecular complexity index is 746. The average Bonchev–Trinajstić information content (AvgIpc) is 2.63. The van der Waals surface area contributed by atoms with Gasteiger partial charge in [-0.05, 0) is 45.6 Å². The number of hydrogen-bond donors (Lipinski definition) is 2. The molecule has 0 amide bonds. The van der Waals surface area contributed by atoms with Gasteiger partial charge in [0.15, 0.2) is 0 Å². The van der Waals surface area contributed by atoms with E-state index in [0.717, 1.165) is 48.4 Å². The Kier molecular flexibility index (Phi) is 6.29. The van der Waals surface area contributed by atoms with Gasteiger partial charge in [0.2, 0.25) is 0 Å². The fourth-order valence-electron chi connectivity index (χ4n) is 3.26. The molecule has 0 radical (unpaired) electrons. The van der Waals surface area contributed by atoms with Gasteiger partial charge in [-0.2, -0.15) is 0 Å². The van der Waals surface area contributed by atoms with Crippen molar-refractivity contribution < 1.29 is 9.90 Å². The van der Waals surface area contributed by atoms with Crippen LogP contribution in [0.15, 0.2) is 53.0 Å². The molecule has 1 unspecified atom stereocenters. The number of nitrogens with two attached hydrogens (primary N) is 1. The fraction of sp³-hybridized carbons (Fsp3) is 0.350. The minimum atomic E-state index is -0.972. The summed E-state index contributed by atoms with van der Waals surface area (Å²) in [6, 6.07) is 15.7. The lowest BCUT2D eigenvalue weighted by Crippen LogP contribution is -2.46. The van der Waals surface area contributed by atoms with E-state index in [0.29, 0.717) is 6.42 Å². The van der Waals surface area contributed by atoms with Crippen molar-refractivity contribution in [1.29, 1.82) is 0 Å². The van der Waals surface area contributed by atoms with Crippen LogP contribution in [0.1, 0.15) is 11.1 Å². The second kappa shape index (κ2) is 8.66. The highest BCUT2D eigenvalue weighted by Crippen LogP contribution is 2.29. The normalized spacial score (nSPS) is 16.5. The molecule has 0 aromatic heterocycles. The zero-order valence-corrected chi connectivity index (χ0v) is 16.2. The molecule has 0 spiro atoms. The molecule has 1 heterocycles. The topological polar surface area (TPSA) is 69.8 Å². The molecule has 1 aliphatic heterocycles. The van der Waals surface area contributed by atoms with E-state index in [1.54, 1.807) is 0 Å². The van der Waals surface area contributed by atoms with Gasteiger partial charge in [0.1, 0.15) is 6.04 Å².